The lowest BCUT2D eigenvalue weighted by atomic mass is 10.3. The first-order chi connectivity index (χ1) is 7.16. The molecule has 1 heterocycles. The first-order valence-corrected chi connectivity index (χ1v) is 4.86. The number of aromatic amines is 1. The van der Waals surface area contributed by atoms with Crippen LogP contribution in [0.5, 0.6) is 0 Å². The molecule has 5 nitrogen and oxygen atoms in total. The van der Waals surface area contributed by atoms with Crippen LogP contribution in [0.3, 0.4) is 0 Å². The van der Waals surface area contributed by atoms with Gasteiger partial charge >= 0.3 is 0 Å². The number of aromatic nitrogens is 2. The summed E-state index contributed by atoms with van der Waals surface area (Å²) in [6.07, 6.45) is 4.74. The van der Waals surface area contributed by atoms with Crippen molar-refractivity contribution < 1.29 is 4.79 Å². The molecular formula is C10H16N4O. The van der Waals surface area contributed by atoms with E-state index in [1.807, 2.05) is 19.1 Å². The number of hydrogen-bond acceptors (Lipinski definition) is 3. The van der Waals surface area contributed by atoms with Gasteiger partial charge in [-0.1, -0.05) is 12.2 Å². The number of nitrogens with zero attached hydrogens (tertiary/aromatic N) is 1. The van der Waals surface area contributed by atoms with Gasteiger partial charge in [-0.05, 0) is 20.3 Å². The summed E-state index contributed by atoms with van der Waals surface area (Å²) in [5.74, 6) is -0.235. The number of aryl methyl sites for hydroxylation is 1. The molecule has 0 saturated carbocycles. The van der Waals surface area contributed by atoms with Crippen LogP contribution < -0.4 is 11.1 Å². The van der Waals surface area contributed by atoms with Gasteiger partial charge in [0.2, 0.25) is 0 Å². The topological polar surface area (TPSA) is 83.8 Å². The highest BCUT2D eigenvalue weighted by Gasteiger charge is 2.13. The van der Waals surface area contributed by atoms with Crippen molar-refractivity contribution in [3.8, 4) is 0 Å². The van der Waals surface area contributed by atoms with E-state index in [-0.39, 0.29) is 11.6 Å². The van der Waals surface area contributed by atoms with E-state index < -0.39 is 0 Å². The molecule has 0 unspecified atom stereocenters. The van der Waals surface area contributed by atoms with Gasteiger partial charge in [-0.3, -0.25) is 9.89 Å². The van der Waals surface area contributed by atoms with Crippen molar-refractivity contribution in [3.63, 3.8) is 0 Å². The van der Waals surface area contributed by atoms with E-state index in [2.05, 4.69) is 15.5 Å². The molecule has 0 saturated heterocycles. The molecule has 82 valence electrons. The van der Waals surface area contributed by atoms with E-state index >= 15 is 0 Å². The standard InChI is InChI=1S/C10H16N4O/c1-3-4-5-6-12-10(15)9-8(11)7(2)13-14-9/h3-4H,5-6,11H2,1-2H3,(H,12,15)(H,13,14)/b4-3+. The van der Waals surface area contributed by atoms with Crippen LogP contribution in [0.2, 0.25) is 0 Å². The molecule has 0 spiro atoms. The molecule has 15 heavy (non-hydrogen) atoms. The molecule has 1 amide bonds. The Morgan fingerprint density at radius 2 is 2.40 bits per heavy atom. The Hall–Kier alpha value is -1.78. The van der Waals surface area contributed by atoms with Crippen LogP contribution in [0.25, 0.3) is 0 Å². The summed E-state index contributed by atoms with van der Waals surface area (Å²) in [7, 11) is 0. The monoisotopic (exact) mass is 208 g/mol. The normalized spacial score (nSPS) is 10.8. The second kappa shape index (κ2) is 5.19. The highest BCUT2D eigenvalue weighted by Crippen LogP contribution is 2.11. The van der Waals surface area contributed by atoms with Crippen LogP contribution >= 0.6 is 0 Å². The summed E-state index contributed by atoms with van der Waals surface area (Å²) >= 11 is 0. The van der Waals surface area contributed by atoms with Gasteiger partial charge in [-0.2, -0.15) is 5.10 Å². The molecule has 0 aromatic carbocycles. The van der Waals surface area contributed by atoms with Gasteiger partial charge in [-0.15, -0.1) is 0 Å². The fourth-order valence-corrected chi connectivity index (χ4v) is 1.13. The predicted molar refractivity (Wildman–Crippen MR) is 59.5 cm³/mol. The maximum Gasteiger partial charge on any atom is 0.273 e. The number of nitrogens with two attached hydrogens (primary N) is 1. The highest BCUT2D eigenvalue weighted by molar-refractivity contribution is 5.97. The molecule has 0 radical (unpaired) electrons. The quantitative estimate of drug-likeness (QED) is 0.509. The van der Waals surface area contributed by atoms with Crippen LogP contribution in [0.15, 0.2) is 12.2 Å². The average Bonchev–Trinajstić information content (AvgIpc) is 2.55. The van der Waals surface area contributed by atoms with Crippen molar-refractivity contribution in [2.45, 2.75) is 20.3 Å². The second-order valence-electron chi connectivity index (χ2n) is 3.22. The summed E-state index contributed by atoms with van der Waals surface area (Å²) in [6, 6.07) is 0. The number of rotatable bonds is 4. The molecule has 1 rings (SSSR count). The van der Waals surface area contributed by atoms with E-state index in [1.54, 1.807) is 6.92 Å². The third-order valence-electron chi connectivity index (χ3n) is 2.04. The van der Waals surface area contributed by atoms with Gasteiger partial charge in [0.15, 0.2) is 5.69 Å². The molecule has 0 atom stereocenters. The van der Waals surface area contributed by atoms with Crippen molar-refractivity contribution in [2.24, 2.45) is 0 Å². The largest absolute Gasteiger partial charge is 0.395 e. The molecule has 1 aromatic heterocycles. The van der Waals surface area contributed by atoms with Gasteiger partial charge in [0.05, 0.1) is 11.4 Å². The minimum absolute atomic E-state index is 0.235. The van der Waals surface area contributed by atoms with E-state index in [4.69, 9.17) is 5.73 Å². The summed E-state index contributed by atoms with van der Waals surface area (Å²) in [4.78, 5) is 11.5. The number of amides is 1. The summed E-state index contributed by atoms with van der Waals surface area (Å²) in [5.41, 5.74) is 7.07. The molecule has 0 aliphatic rings. The number of nitrogens with one attached hydrogen (secondary N) is 2. The smallest absolute Gasteiger partial charge is 0.273 e. The Bertz CT molecular complexity index is 367. The van der Waals surface area contributed by atoms with Gasteiger partial charge in [-0.25, -0.2) is 0 Å². The summed E-state index contributed by atoms with van der Waals surface area (Å²) in [6.45, 7) is 4.31. The predicted octanol–water partition coefficient (Wildman–Crippen LogP) is 0.996. The van der Waals surface area contributed by atoms with Crippen molar-refractivity contribution in [2.75, 3.05) is 12.3 Å². The van der Waals surface area contributed by atoms with Gasteiger partial charge < -0.3 is 11.1 Å². The Morgan fingerprint density at radius 3 is 2.93 bits per heavy atom. The first kappa shape index (κ1) is 11.3. The second-order valence-corrected chi connectivity index (χ2v) is 3.22. The minimum Gasteiger partial charge on any atom is -0.395 e. The third kappa shape index (κ3) is 2.83. The van der Waals surface area contributed by atoms with E-state index in [0.717, 1.165) is 6.42 Å². The van der Waals surface area contributed by atoms with Gasteiger partial charge in [0.25, 0.3) is 5.91 Å². The summed E-state index contributed by atoms with van der Waals surface area (Å²) < 4.78 is 0. The number of anilines is 1. The number of carbonyl (C=O) groups excluding carboxylic acids is 1. The van der Waals surface area contributed by atoms with E-state index in [0.29, 0.717) is 17.9 Å². The maximum absolute atomic E-state index is 11.5. The van der Waals surface area contributed by atoms with Crippen LogP contribution in [-0.2, 0) is 0 Å². The molecule has 0 fully saturated rings. The SMILES string of the molecule is C/C=C/CCNC(=O)c1n[nH]c(C)c1N. The van der Waals surface area contributed by atoms with Gasteiger partial charge in [0.1, 0.15) is 0 Å². The fraction of sp³-hybridized carbons (Fsp3) is 0.400. The Morgan fingerprint density at radius 1 is 1.67 bits per heavy atom. The van der Waals surface area contributed by atoms with Crippen molar-refractivity contribution in [1.82, 2.24) is 15.5 Å². The van der Waals surface area contributed by atoms with Crippen LogP contribution in [0, 0.1) is 6.92 Å². The molecule has 4 N–H and O–H groups in total. The number of carbonyl (C=O) groups is 1. The van der Waals surface area contributed by atoms with Crippen molar-refractivity contribution in [1.29, 1.82) is 0 Å². The zero-order chi connectivity index (χ0) is 11.3. The number of nitrogen functional groups attached to an aromatic ring is 1. The lowest BCUT2D eigenvalue weighted by molar-refractivity contribution is 0.0950. The van der Waals surface area contributed by atoms with Gasteiger partial charge in [0, 0.05) is 6.54 Å². The minimum atomic E-state index is -0.235. The van der Waals surface area contributed by atoms with Crippen LogP contribution in [-0.4, -0.2) is 22.6 Å². The zero-order valence-corrected chi connectivity index (χ0v) is 9.00. The number of hydrogen-bond donors (Lipinski definition) is 3. The molecular weight excluding hydrogens is 192 g/mol. The molecule has 0 aliphatic carbocycles. The van der Waals surface area contributed by atoms with Crippen molar-refractivity contribution in [3.05, 3.63) is 23.5 Å². The number of H-pyrrole nitrogens is 1. The third-order valence-corrected chi connectivity index (χ3v) is 2.04. The van der Waals surface area contributed by atoms with E-state index in [9.17, 15) is 4.79 Å². The molecule has 5 heteroatoms. The van der Waals surface area contributed by atoms with Crippen molar-refractivity contribution >= 4 is 11.6 Å². The summed E-state index contributed by atoms with van der Waals surface area (Å²) in [5, 5.41) is 9.24. The van der Waals surface area contributed by atoms with Crippen LogP contribution in [0.4, 0.5) is 5.69 Å². The Balaban J connectivity index is 2.51. The van der Waals surface area contributed by atoms with Crippen LogP contribution in [0.1, 0.15) is 29.5 Å². The highest BCUT2D eigenvalue weighted by atomic mass is 16.1. The Labute approximate surface area is 88.7 Å². The molecule has 0 bridgehead atoms. The molecule has 1 aromatic rings. The average molecular weight is 208 g/mol. The fourth-order valence-electron chi connectivity index (χ4n) is 1.13. The zero-order valence-electron chi connectivity index (χ0n) is 9.00. The lowest BCUT2D eigenvalue weighted by Crippen LogP contribution is -2.25. The first-order valence-electron chi connectivity index (χ1n) is 4.86. The lowest BCUT2D eigenvalue weighted by Gasteiger charge is -2.00. The maximum atomic E-state index is 11.5. The number of allylic oxidation sites excluding steroid dienone is 1. The van der Waals surface area contributed by atoms with E-state index in [1.165, 1.54) is 0 Å². The Kier molecular flexibility index (Phi) is 3.91. The molecule has 0 aliphatic heterocycles.